The lowest BCUT2D eigenvalue weighted by Gasteiger charge is -2.08. The van der Waals surface area contributed by atoms with Gasteiger partial charge in [-0.2, -0.15) is 0 Å². The molecule has 0 aromatic carbocycles. The fourth-order valence-electron chi connectivity index (χ4n) is 1.40. The first-order valence-corrected chi connectivity index (χ1v) is 5.60. The molecule has 1 N–H and O–H groups in total. The Morgan fingerprint density at radius 3 is 2.20 bits per heavy atom. The first kappa shape index (κ1) is 14.2. The van der Waals surface area contributed by atoms with Crippen LogP contribution >= 0.6 is 0 Å². The molecule has 0 amide bonds. The molecular formula is C12H23NO2. The van der Waals surface area contributed by atoms with E-state index in [1.165, 1.54) is 19.3 Å². The zero-order valence-electron chi connectivity index (χ0n) is 9.96. The van der Waals surface area contributed by atoms with Gasteiger partial charge in [0.05, 0.1) is 0 Å². The third kappa shape index (κ3) is 9.47. The van der Waals surface area contributed by atoms with Crippen molar-refractivity contribution in [3.63, 3.8) is 0 Å². The highest BCUT2D eigenvalue weighted by atomic mass is 16.4. The maximum atomic E-state index is 10.4. The predicted molar refractivity (Wildman–Crippen MR) is 63.0 cm³/mol. The zero-order valence-corrected chi connectivity index (χ0v) is 9.96. The third-order valence-electron chi connectivity index (χ3n) is 2.39. The van der Waals surface area contributed by atoms with Crippen LogP contribution in [0.5, 0.6) is 0 Å². The fraction of sp³-hybridized carbons (Fsp3) is 0.750. The highest BCUT2D eigenvalue weighted by molar-refractivity contribution is 5.85. The van der Waals surface area contributed by atoms with Crippen LogP contribution in [-0.2, 0) is 4.79 Å². The summed E-state index contributed by atoms with van der Waals surface area (Å²) in [7, 11) is 4.16. The Balaban J connectivity index is 3.18. The number of nitrogens with zero attached hydrogens (tertiary/aromatic N) is 1. The lowest BCUT2D eigenvalue weighted by molar-refractivity contribution is -0.132. The molecule has 3 heteroatoms. The second-order valence-corrected chi connectivity index (χ2v) is 4.23. The van der Waals surface area contributed by atoms with Crippen LogP contribution in [-0.4, -0.2) is 36.6 Å². The van der Waals surface area contributed by atoms with Crippen molar-refractivity contribution in [1.29, 1.82) is 0 Å². The van der Waals surface area contributed by atoms with Crippen molar-refractivity contribution in [2.45, 2.75) is 38.5 Å². The normalized spacial score (nSPS) is 10.6. The molecule has 0 unspecified atom stereocenters. The smallest absolute Gasteiger partial charge is 0.330 e. The van der Waals surface area contributed by atoms with Crippen LogP contribution in [0.25, 0.3) is 0 Å². The number of aliphatic carboxylic acids is 1. The van der Waals surface area contributed by atoms with E-state index in [0.717, 1.165) is 19.4 Å². The Morgan fingerprint density at radius 2 is 1.67 bits per heavy atom. The van der Waals surface area contributed by atoms with Crippen molar-refractivity contribution in [3.05, 3.63) is 12.2 Å². The quantitative estimate of drug-likeness (QED) is 0.472. The van der Waals surface area contributed by atoms with E-state index in [9.17, 15) is 4.79 Å². The number of hydrogen-bond donors (Lipinski definition) is 1. The molecule has 0 spiro atoms. The number of hydrogen-bond acceptors (Lipinski definition) is 2. The van der Waals surface area contributed by atoms with E-state index in [2.05, 4.69) is 25.6 Å². The fourth-order valence-corrected chi connectivity index (χ4v) is 1.40. The number of carboxylic acids is 1. The molecule has 0 bridgehead atoms. The lowest BCUT2D eigenvalue weighted by Crippen LogP contribution is -2.12. The molecule has 0 aliphatic heterocycles. The summed E-state index contributed by atoms with van der Waals surface area (Å²) in [5, 5.41) is 8.58. The van der Waals surface area contributed by atoms with Gasteiger partial charge in [0.25, 0.3) is 0 Å². The predicted octanol–water partition coefficient (Wildman–Crippen LogP) is 2.53. The minimum atomic E-state index is -0.859. The molecule has 0 heterocycles. The summed E-state index contributed by atoms with van der Waals surface area (Å²) in [6.45, 7) is 4.65. The number of carboxylic acid groups (broad SMARTS) is 1. The van der Waals surface area contributed by atoms with Crippen molar-refractivity contribution in [2.75, 3.05) is 20.6 Å². The molecular weight excluding hydrogens is 190 g/mol. The molecule has 0 rings (SSSR count). The Morgan fingerprint density at radius 1 is 1.13 bits per heavy atom. The summed E-state index contributed by atoms with van der Waals surface area (Å²) in [6.07, 6.45) is 6.35. The Bertz CT molecular complexity index is 200. The van der Waals surface area contributed by atoms with Crippen molar-refractivity contribution in [2.24, 2.45) is 0 Å². The second-order valence-electron chi connectivity index (χ2n) is 4.23. The van der Waals surface area contributed by atoms with E-state index in [-0.39, 0.29) is 0 Å². The summed E-state index contributed by atoms with van der Waals surface area (Å²) in [5.74, 6) is -0.859. The molecule has 88 valence electrons. The monoisotopic (exact) mass is 213 g/mol. The Hall–Kier alpha value is -0.830. The molecule has 0 saturated carbocycles. The maximum absolute atomic E-state index is 10.4. The van der Waals surface area contributed by atoms with Crippen molar-refractivity contribution < 1.29 is 9.90 Å². The molecule has 3 nitrogen and oxygen atoms in total. The molecule has 15 heavy (non-hydrogen) atoms. The number of carbonyl (C=O) groups is 1. The van der Waals surface area contributed by atoms with E-state index in [4.69, 9.17) is 5.11 Å². The molecule has 0 aromatic heterocycles. The Labute approximate surface area is 92.8 Å². The average molecular weight is 213 g/mol. The van der Waals surface area contributed by atoms with Gasteiger partial charge >= 0.3 is 5.97 Å². The molecule has 0 fully saturated rings. The average Bonchev–Trinajstić information content (AvgIpc) is 2.15. The molecule has 0 radical (unpaired) electrons. The standard InChI is InChI=1S/C12H23NO2/c1-11(12(14)15)9-7-5-4-6-8-10-13(2)3/h1,4-10H2,2-3H3,(H,14,15). The van der Waals surface area contributed by atoms with E-state index in [0.29, 0.717) is 12.0 Å². The van der Waals surface area contributed by atoms with Gasteiger partial charge in [-0.05, 0) is 39.9 Å². The van der Waals surface area contributed by atoms with Crippen LogP contribution in [0, 0.1) is 0 Å². The van der Waals surface area contributed by atoms with E-state index in [1.807, 2.05) is 0 Å². The van der Waals surface area contributed by atoms with Crippen LogP contribution in [0.1, 0.15) is 38.5 Å². The molecule has 0 aliphatic rings. The summed E-state index contributed by atoms with van der Waals surface area (Å²) >= 11 is 0. The summed E-state index contributed by atoms with van der Waals surface area (Å²) in [6, 6.07) is 0. The molecule has 0 atom stereocenters. The van der Waals surface area contributed by atoms with Crippen LogP contribution in [0.3, 0.4) is 0 Å². The van der Waals surface area contributed by atoms with E-state index in [1.54, 1.807) is 0 Å². The summed E-state index contributed by atoms with van der Waals surface area (Å²) in [4.78, 5) is 12.6. The highest BCUT2D eigenvalue weighted by Gasteiger charge is 2.02. The summed E-state index contributed by atoms with van der Waals surface area (Å²) < 4.78 is 0. The van der Waals surface area contributed by atoms with Gasteiger partial charge in [0, 0.05) is 5.57 Å². The van der Waals surface area contributed by atoms with Crippen LogP contribution in [0.15, 0.2) is 12.2 Å². The first-order chi connectivity index (χ1) is 7.04. The minimum absolute atomic E-state index is 0.336. The topological polar surface area (TPSA) is 40.5 Å². The second kappa shape index (κ2) is 8.48. The van der Waals surface area contributed by atoms with Gasteiger partial charge < -0.3 is 10.0 Å². The Kier molecular flexibility index (Phi) is 8.01. The molecule has 0 aromatic rings. The lowest BCUT2D eigenvalue weighted by atomic mass is 10.1. The minimum Gasteiger partial charge on any atom is -0.478 e. The van der Waals surface area contributed by atoms with Gasteiger partial charge in [-0.15, -0.1) is 0 Å². The van der Waals surface area contributed by atoms with Gasteiger partial charge in [0.15, 0.2) is 0 Å². The first-order valence-electron chi connectivity index (χ1n) is 5.60. The number of rotatable bonds is 9. The summed E-state index contributed by atoms with van der Waals surface area (Å²) in [5.41, 5.74) is 0.336. The van der Waals surface area contributed by atoms with E-state index < -0.39 is 5.97 Å². The molecule has 0 aliphatic carbocycles. The van der Waals surface area contributed by atoms with E-state index >= 15 is 0 Å². The third-order valence-corrected chi connectivity index (χ3v) is 2.39. The van der Waals surface area contributed by atoms with Gasteiger partial charge in [0.1, 0.15) is 0 Å². The van der Waals surface area contributed by atoms with Gasteiger partial charge in [-0.1, -0.05) is 25.8 Å². The van der Waals surface area contributed by atoms with Crippen molar-refractivity contribution in [1.82, 2.24) is 4.90 Å². The largest absolute Gasteiger partial charge is 0.478 e. The van der Waals surface area contributed by atoms with Crippen molar-refractivity contribution in [3.8, 4) is 0 Å². The SMILES string of the molecule is C=C(CCCCCCCN(C)C)C(=O)O. The van der Waals surface area contributed by atoms with Crippen LogP contribution in [0.4, 0.5) is 0 Å². The number of unbranched alkanes of at least 4 members (excludes halogenated alkanes) is 4. The van der Waals surface area contributed by atoms with Crippen LogP contribution in [0.2, 0.25) is 0 Å². The van der Waals surface area contributed by atoms with Gasteiger partial charge in [-0.3, -0.25) is 0 Å². The van der Waals surface area contributed by atoms with Gasteiger partial charge in [-0.25, -0.2) is 4.79 Å². The van der Waals surface area contributed by atoms with Crippen molar-refractivity contribution >= 4 is 5.97 Å². The maximum Gasteiger partial charge on any atom is 0.330 e. The van der Waals surface area contributed by atoms with Gasteiger partial charge in [0.2, 0.25) is 0 Å². The highest BCUT2D eigenvalue weighted by Crippen LogP contribution is 2.09. The zero-order chi connectivity index (χ0) is 11.7. The van der Waals surface area contributed by atoms with Crippen LogP contribution < -0.4 is 0 Å². The molecule has 0 saturated heterocycles.